The van der Waals surface area contributed by atoms with E-state index in [9.17, 15) is 13.2 Å². The number of nitrogens with two attached hydrogens (primary N) is 1. The molecule has 1 heterocycles. The fraction of sp³-hybridized carbons (Fsp3) is 0.462. The molecule has 8 heteroatoms. The van der Waals surface area contributed by atoms with Gasteiger partial charge in [0.25, 0.3) is 5.91 Å². The highest BCUT2D eigenvalue weighted by atomic mass is 79.9. The summed E-state index contributed by atoms with van der Waals surface area (Å²) < 4.78 is 23.8. The molecule has 0 unspecified atom stereocenters. The second-order valence-electron chi connectivity index (χ2n) is 5.02. The smallest absolute Gasteiger partial charge is 0.254 e. The highest BCUT2D eigenvalue weighted by molar-refractivity contribution is 9.10. The van der Waals surface area contributed by atoms with E-state index in [-0.39, 0.29) is 10.8 Å². The summed E-state index contributed by atoms with van der Waals surface area (Å²) in [4.78, 5) is 14.4. The summed E-state index contributed by atoms with van der Waals surface area (Å²) in [7, 11) is -3.86. The van der Waals surface area contributed by atoms with Gasteiger partial charge in [-0.25, -0.2) is 13.6 Å². The largest absolute Gasteiger partial charge is 0.337 e. The number of amides is 1. The molecular weight excluding hydrogens is 358 g/mol. The predicted molar refractivity (Wildman–Crippen MR) is 83.6 cm³/mol. The van der Waals surface area contributed by atoms with Gasteiger partial charge in [-0.1, -0.05) is 15.9 Å². The van der Waals surface area contributed by atoms with Crippen molar-refractivity contribution in [2.45, 2.75) is 18.2 Å². The second-order valence-corrected chi connectivity index (χ2v) is 7.46. The van der Waals surface area contributed by atoms with Gasteiger partial charge in [-0.15, -0.1) is 0 Å². The van der Waals surface area contributed by atoms with Crippen molar-refractivity contribution in [3.8, 4) is 0 Å². The lowest BCUT2D eigenvalue weighted by atomic mass is 10.1. The van der Waals surface area contributed by atoms with Crippen molar-refractivity contribution in [1.29, 1.82) is 0 Å². The molecule has 0 atom stereocenters. The summed E-state index contributed by atoms with van der Waals surface area (Å²) in [6.45, 7) is 4.48. The quantitative estimate of drug-likeness (QED) is 0.800. The highest BCUT2D eigenvalue weighted by Gasteiger charge is 2.23. The number of nitrogens with zero attached hydrogens (tertiary/aromatic N) is 1. The first-order valence-corrected chi connectivity index (χ1v) is 8.97. The Hall–Kier alpha value is -0.960. The van der Waals surface area contributed by atoms with Crippen LogP contribution in [0.15, 0.2) is 21.5 Å². The molecular formula is C13H18BrN3O3S. The first kappa shape index (κ1) is 16.4. The summed E-state index contributed by atoms with van der Waals surface area (Å²) in [6, 6.07) is 3.07. The summed E-state index contributed by atoms with van der Waals surface area (Å²) in [6.07, 6.45) is 0.876. The van der Waals surface area contributed by atoms with Gasteiger partial charge in [0.05, 0.1) is 4.90 Å². The monoisotopic (exact) mass is 375 g/mol. The van der Waals surface area contributed by atoms with Crippen molar-refractivity contribution < 1.29 is 13.2 Å². The van der Waals surface area contributed by atoms with Gasteiger partial charge >= 0.3 is 0 Å². The number of primary sulfonamides is 1. The van der Waals surface area contributed by atoms with Crippen LogP contribution >= 0.6 is 15.9 Å². The van der Waals surface area contributed by atoms with Crippen LogP contribution in [0.4, 0.5) is 0 Å². The predicted octanol–water partition coefficient (Wildman–Crippen LogP) is 0.840. The topological polar surface area (TPSA) is 92.5 Å². The van der Waals surface area contributed by atoms with Gasteiger partial charge in [0.1, 0.15) is 0 Å². The van der Waals surface area contributed by atoms with E-state index in [0.29, 0.717) is 28.7 Å². The minimum absolute atomic E-state index is 0.0202. The van der Waals surface area contributed by atoms with Crippen LogP contribution in [-0.4, -0.2) is 45.4 Å². The zero-order valence-corrected chi connectivity index (χ0v) is 14.1. The summed E-state index contributed by atoms with van der Waals surface area (Å²) in [5, 5.41) is 8.44. The number of halogens is 1. The molecule has 0 radical (unpaired) electrons. The molecule has 1 aromatic rings. The lowest BCUT2D eigenvalue weighted by Crippen LogP contribution is -2.34. The second kappa shape index (κ2) is 6.43. The van der Waals surface area contributed by atoms with E-state index in [2.05, 4.69) is 21.2 Å². The van der Waals surface area contributed by atoms with Gasteiger partial charge in [0.15, 0.2) is 0 Å². The third kappa shape index (κ3) is 3.82. The van der Waals surface area contributed by atoms with Crippen molar-refractivity contribution >= 4 is 31.9 Å². The van der Waals surface area contributed by atoms with Crippen molar-refractivity contribution in [2.24, 2.45) is 5.14 Å². The molecule has 21 heavy (non-hydrogen) atoms. The number of hydrogen-bond acceptors (Lipinski definition) is 4. The molecule has 0 saturated carbocycles. The van der Waals surface area contributed by atoms with E-state index in [4.69, 9.17) is 5.14 Å². The minimum Gasteiger partial charge on any atom is -0.337 e. The van der Waals surface area contributed by atoms with Crippen LogP contribution in [0.25, 0.3) is 0 Å². The van der Waals surface area contributed by atoms with E-state index in [0.717, 1.165) is 19.5 Å². The van der Waals surface area contributed by atoms with Crippen LogP contribution in [0, 0.1) is 6.92 Å². The van der Waals surface area contributed by atoms with Crippen molar-refractivity contribution in [3.63, 3.8) is 0 Å². The fourth-order valence-corrected chi connectivity index (χ4v) is 3.83. The Morgan fingerprint density at radius 1 is 1.33 bits per heavy atom. The number of hydrogen-bond donors (Lipinski definition) is 2. The molecule has 1 saturated heterocycles. The minimum atomic E-state index is -3.86. The number of carbonyl (C=O) groups excluding carboxylic acids is 1. The molecule has 0 aromatic heterocycles. The zero-order chi connectivity index (χ0) is 15.6. The molecule has 0 aliphatic carbocycles. The number of sulfonamides is 1. The Balaban J connectivity index is 2.43. The van der Waals surface area contributed by atoms with Crippen LogP contribution in [0.5, 0.6) is 0 Å². The molecule has 0 spiro atoms. The van der Waals surface area contributed by atoms with E-state index in [1.54, 1.807) is 17.9 Å². The van der Waals surface area contributed by atoms with Crippen LogP contribution in [0.3, 0.4) is 0 Å². The first-order chi connectivity index (χ1) is 9.80. The third-order valence-electron chi connectivity index (χ3n) is 3.49. The van der Waals surface area contributed by atoms with Gasteiger partial charge in [-0.05, 0) is 37.6 Å². The molecule has 2 rings (SSSR count). The SMILES string of the molecule is Cc1c(C(=O)N2CCCNCC2)cc(Br)cc1S(N)(=O)=O. The Morgan fingerprint density at radius 2 is 2.05 bits per heavy atom. The molecule has 6 nitrogen and oxygen atoms in total. The number of carbonyl (C=O) groups is 1. The maximum Gasteiger partial charge on any atom is 0.254 e. The molecule has 1 aliphatic heterocycles. The number of nitrogens with one attached hydrogen (secondary N) is 1. The van der Waals surface area contributed by atoms with Gasteiger partial charge in [0, 0.05) is 29.7 Å². The molecule has 3 N–H and O–H groups in total. The lowest BCUT2D eigenvalue weighted by Gasteiger charge is -2.22. The highest BCUT2D eigenvalue weighted by Crippen LogP contribution is 2.25. The maximum absolute atomic E-state index is 12.6. The standard InChI is InChI=1S/C13H18BrN3O3S/c1-9-11(7-10(14)8-12(9)21(15,19)20)13(18)17-5-2-3-16-4-6-17/h7-8,16H,2-6H2,1H3,(H2,15,19,20). The average molecular weight is 376 g/mol. The number of benzene rings is 1. The molecule has 0 bridgehead atoms. The Labute approximate surface area is 132 Å². The maximum atomic E-state index is 12.6. The molecule has 1 aliphatic rings. The first-order valence-electron chi connectivity index (χ1n) is 6.63. The summed E-state index contributed by atoms with van der Waals surface area (Å²) >= 11 is 3.24. The van der Waals surface area contributed by atoms with Gasteiger partial charge in [-0.3, -0.25) is 4.79 Å². The van der Waals surface area contributed by atoms with Crippen LogP contribution in [0.2, 0.25) is 0 Å². The summed E-state index contributed by atoms with van der Waals surface area (Å²) in [5.74, 6) is -0.164. The fourth-order valence-electron chi connectivity index (χ4n) is 2.39. The van der Waals surface area contributed by atoms with Crippen LogP contribution in [0.1, 0.15) is 22.3 Å². The van der Waals surface area contributed by atoms with Gasteiger partial charge < -0.3 is 10.2 Å². The Kier molecular flexibility index (Phi) is 5.03. The van der Waals surface area contributed by atoms with Crippen molar-refractivity contribution in [1.82, 2.24) is 10.2 Å². The van der Waals surface area contributed by atoms with Crippen molar-refractivity contribution in [2.75, 3.05) is 26.2 Å². The van der Waals surface area contributed by atoms with E-state index in [1.807, 2.05) is 0 Å². The van der Waals surface area contributed by atoms with Gasteiger partial charge in [-0.2, -0.15) is 0 Å². The molecule has 1 amide bonds. The van der Waals surface area contributed by atoms with Crippen LogP contribution in [-0.2, 0) is 10.0 Å². The molecule has 116 valence electrons. The van der Waals surface area contributed by atoms with Crippen LogP contribution < -0.4 is 10.5 Å². The third-order valence-corrected chi connectivity index (χ3v) is 4.98. The van der Waals surface area contributed by atoms with E-state index in [1.165, 1.54) is 6.07 Å². The molecule has 1 fully saturated rings. The molecule has 1 aromatic carbocycles. The normalized spacial score (nSPS) is 16.6. The average Bonchev–Trinajstić information content (AvgIpc) is 2.68. The lowest BCUT2D eigenvalue weighted by molar-refractivity contribution is 0.0765. The zero-order valence-electron chi connectivity index (χ0n) is 11.7. The Morgan fingerprint density at radius 3 is 2.71 bits per heavy atom. The van der Waals surface area contributed by atoms with Crippen molar-refractivity contribution in [3.05, 3.63) is 27.7 Å². The van der Waals surface area contributed by atoms with E-state index >= 15 is 0 Å². The van der Waals surface area contributed by atoms with E-state index < -0.39 is 10.0 Å². The number of rotatable bonds is 2. The summed E-state index contributed by atoms with van der Waals surface area (Å²) in [5.41, 5.74) is 0.762. The van der Waals surface area contributed by atoms with Gasteiger partial charge in [0.2, 0.25) is 10.0 Å². The Bertz CT molecular complexity index is 653.